The van der Waals surface area contributed by atoms with Gasteiger partial charge < -0.3 is 5.32 Å². The van der Waals surface area contributed by atoms with Crippen LogP contribution in [0.15, 0.2) is 39.9 Å². The second kappa shape index (κ2) is 7.07. The second-order valence-corrected chi connectivity index (χ2v) is 7.18. The number of carbonyl (C=O) groups is 1. The predicted octanol–water partition coefficient (Wildman–Crippen LogP) is 2.22. The Morgan fingerprint density at radius 3 is 2.71 bits per heavy atom. The number of aromatic nitrogens is 3. The maximum Gasteiger partial charge on any atom is 0.329 e. The maximum absolute atomic E-state index is 13.0. The van der Waals surface area contributed by atoms with E-state index in [0.717, 1.165) is 29.7 Å². The van der Waals surface area contributed by atoms with Crippen molar-refractivity contribution in [3.63, 3.8) is 0 Å². The summed E-state index contributed by atoms with van der Waals surface area (Å²) in [6.07, 6.45) is 2.00. The molecule has 0 saturated heterocycles. The summed E-state index contributed by atoms with van der Waals surface area (Å²) >= 11 is 0. The molecule has 1 aliphatic carbocycles. The monoisotopic (exact) mass is 378 g/mol. The first-order chi connectivity index (χ1) is 13.5. The topological polar surface area (TPSA) is 96.9 Å². The minimum Gasteiger partial charge on any atom is -0.348 e. The van der Waals surface area contributed by atoms with Crippen molar-refractivity contribution in [2.75, 3.05) is 0 Å². The number of benzene rings is 1. The number of pyridine rings is 1. The van der Waals surface area contributed by atoms with E-state index in [2.05, 4.69) is 15.3 Å². The van der Waals surface area contributed by atoms with Crippen molar-refractivity contribution in [3.05, 3.63) is 73.6 Å². The van der Waals surface area contributed by atoms with Gasteiger partial charge in [-0.2, -0.15) is 0 Å². The van der Waals surface area contributed by atoms with Crippen LogP contribution >= 0.6 is 0 Å². The third kappa shape index (κ3) is 3.24. The van der Waals surface area contributed by atoms with E-state index in [1.807, 2.05) is 38.1 Å². The van der Waals surface area contributed by atoms with Gasteiger partial charge in [-0.05, 0) is 43.9 Å². The number of H-pyrrole nitrogens is 1. The van der Waals surface area contributed by atoms with E-state index >= 15 is 0 Å². The Morgan fingerprint density at radius 1 is 1.29 bits per heavy atom. The van der Waals surface area contributed by atoms with Crippen molar-refractivity contribution >= 4 is 16.9 Å². The van der Waals surface area contributed by atoms with Gasteiger partial charge in [0.2, 0.25) is 0 Å². The fraction of sp³-hybridized carbons (Fsp3) is 0.333. The van der Waals surface area contributed by atoms with Crippen LogP contribution in [0.2, 0.25) is 0 Å². The molecular weight excluding hydrogens is 356 g/mol. The van der Waals surface area contributed by atoms with Gasteiger partial charge in [0.15, 0.2) is 5.65 Å². The largest absolute Gasteiger partial charge is 0.348 e. The Morgan fingerprint density at radius 2 is 2.04 bits per heavy atom. The molecule has 0 unspecified atom stereocenters. The molecule has 0 aliphatic heterocycles. The van der Waals surface area contributed by atoms with Gasteiger partial charge in [0, 0.05) is 24.7 Å². The third-order valence-corrected chi connectivity index (χ3v) is 5.23. The zero-order chi connectivity index (χ0) is 19.8. The average Bonchev–Trinajstić information content (AvgIpc) is 3.51. The van der Waals surface area contributed by atoms with Gasteiger partial charge in [-0.25, -0.2) is 9.78 Å². The smallest absolute Gasteiger partial charge is 0.329 e. The first-order valence-corrected chi connectivity index (χ1v) is 9.50. The van der Waals surface area contributed by atoms with Crippen LogP contribution in [0.3, 0.4) is 0 Å². The molecule has 0 radical (unpaired) electrons. The number of amides is 1. The van der Waals surface area contributed by atoms with Crippen molar-refractivity contribution in [1.29, 1.82) is 0 Å². The Kier molecular flexibility index (Phi) is 4.58. The summed E-state index contributed by atoms with van der Waals surface area (Å²) < 4.78 is 1.40. The molecule has 7 heteroatoms. The quantitative estimate of drug-likeness (QED) is 0.711. The summed E-state index contributed by atoms with van der Waals surface area (Å²) in [6.45, 7) is 4.51. The van der Waals surface area contributed by atoms with Crippen molar-refractivity contribution in [2.45, 2.75) is 45.7 Å². The number of aryl methyl sites for hydroxylation is 2. The summed E-state index contributed by atoms with van der Waals surface area (Å²) in [5, 5.41) is 3.07. The first-order valence-electron chi connectivity index (χ1n) is 9.50. The van der Waals surface area contributed by atoms with Crippen molar-refractivity contribution in [2.24, 2.45) is 0 Å². The fourth-order valence-electron chi connectivity index (χ4n) is 3.43. The maximum atomic E-state index is 13.0. The fourth-order valence-corrected chi connectivity index (χ4v) is 3.43. The minimum atomic E-state index is -0.583. The van der Waals surface area contributed by atoms with E-state index in [1.54, 1.807) is 6.07 Å². The molecule has 0 bridgehead atoms. The van der Waals surface area contributed by atoms with Gasteiger partial charge in [0.1, 0.15) is 0 Å². The predicted molar refractivity (Wildman–Crippen MR) is 107 cm³/mol. The number of hydrogen-bond donors (Lipinski definition) is 2. The van der Waals surface area contributed by atoms with Gasteiger partial charge in [-0.15, -0.1) is 0 Å². The normalized spacial score (nSPS) is 13.6. The zero-order valence-corrected chi connectivity index (χ0v) is 15.9. The summed E-state index contributed by atoms with van der Waals surface area (Å²) in [5.41, 5.74) is 2.31. The lowest BCUT2D eigenvalue weighted by Crippen LogP contribution is -2.33. The van der Waals surface area contributed by atoms with Crippen LogP contribution in [0, 0.1) is 6.92 Å². The van der Waals surface area contributed by atoms with Crippen LogP contribution in [0.1, 0.15) is 52.9 Å². The molecule has 1 fully saturated rings. The van der Waals surface area contributed by atoms with Crippen LogP contribution in [0.5, 0.6) is 0 Å². The highest BCUT2D eigenvalue weighted by molar-refractivity contribution is 6.05. The van der Waals surface area contributed by atoms with Crippen LogP contribution < -0.4 is 16.6 Å². The van der Waals surface area contributed by atoms with Crippen molar-refractivity contribution < 1.29 is 4.79 Å². The standard InChI is InChI=1S/C21H22N4O3/c1-3-25-18-17(20(27)24-21(25)28)15(10-16(23-18)13-8-9-13)19(26)22-11-14-7-5-4-6-12(14)2/h4-7,10,13H,3,8-9,11H2,1-2H3,(H,22,26)(H,24,27,28). The minimum absolute atomic E-state index is 0.160. The SMILES string of the molecule is CCn1c(=O)[nH]c(=O)c2c(C(=O)NCc3ccccc3C)cc(C3CC3)nc21. The molecule has 2 N–H and O–H groups in total. The number of fused-ring (bicyclic) bond motifs is 1. The number of nitrogens with one attached hydrogen (secondary N) is 2. The summed E-state index contributed by atoms with van der Waals surface area (Å²) in [7, 11) is 0. The Balaban J connectivity index is 1.81. The van der Waals surface area contributed by atoms with Crippen LogP contribution in [-0.2, 0) is 13.1 Å². The molecule has 1 aromatic carbocycles. The molecule has 0 spiro atoms. The van der Waals surface area contributed by atoms with E-state index in [4.69, 9.17) is 0 Å². The summed E-state index contributed by atoms with van der Waals surface area (Å²) in [5.74, 6) is -0.0589. The highest BCUT2D eigenvalue weighted by Gasteiger charge is 2.28. The highest BCUT2D eigenvalue weighted by Crippen LogP contribution is 2.39. The number of carbonyl (C=O) groups excluding carboxylic acids is 1. The lowest BCUT2D eigenvalue weighted by molar-refractivity contribution is 0.0952. The number of aromatic amines is 1. The molecule has 4 rings (SSSR count). The van der Waals surface area contributed by atoms with Gasteiger partial charge in [-0.3, -0.25) is 19.1 Å². The van der Waals surface area contributed by atoms with Gasteiger partial charge in [0.25, 0.3) is 11.5 Å². The average molecular weight is 378 g/mol. The molecule has 3 aromatic rings. The molecule has 7 nitrogen and oxygen atoms in total. The Labute approximate surface area is 161 Å². The number of nitrogens with zero attached hydrogens (tertiary/aromatic N) is 2. The third-order valence-electron chi connectivity index (χ3n) is 5.23. The van der Waals surface area contributed by atoms with E-state index < -0.39 is 11.2 Å². The number of hydrogen-bond acceptors (Lipinski definition) is 4. The zero-order valence-electron chi connectivity index (χ0n) is 15.9. The molecule has 28 heavy (non-hydrogen) atoms. The number of rotatable bonds is 5. The molecule has 1 aliphatic rings. The van der Waals surface area contributed by atoms with Gasteiger partial charge in [-0.1, -0.05) is 24.3 Å². The molecule has 2 heterocycles. The van der Waals surface area contributed by atoms with Crippen LogP contribution in [-0.4, -0.2) is 20.4 Å². The lowest BCUT2D eigenvalue weighted by atomic mass is 10.1. The van der Waals surface area contributed by atoms with E-state index in [9.17, 15) is 14.4 Å². The van der Waals surface area contributed by atoms with E-state index in [1.165, 1.54) is 4.57 Å². The molecule has 1 saturated carbocycles. The van der Waals surface area contributed by atoms with Crippen LogP contribution in [0.25, 0.3) is 11.0 Å². The highest BCUT2D eigenvalue weighted by atomic mass is 16.2. The second-order valence-electron chi connectivity index (χ2n) is 7.18. The van der Waals surface area contributed by atoms with E-state index in [-0.39, 0.29) is 28.4 Å². The molecule has 0 atom stereocenters. The molecule has 2 aromatic heterocycles. The van der Waals surface area contributed by atoms with Crippen molar-refractivity contribution in [3.8, 4) is 0 Å². The summed E-state index contributed by atoms with van der Waals surface area (Å²) in [6, 6.07) is 9.51. The Hall–Kier alpha value is -3.22. The van der Waals surface area contributed by atoms with E-state index in [0.29, 0.717) is 13.1 Å². The first kappa shape index (κ1) is 18.2. The molecule has 1 amide bonds. The van der Waals surface area contributed by atoms with Crippen molar-refractivity contribution in [1.82, 2.24) is 19.9 Å². The molecular formula is C21H22N4O3. The summed E-state index contributed by atoms with van der Waals surface area (Å²) in [4.78, 5) is 44.6. The van der Waals surface area contributed by atoms with Gasteiger partial charge in [0.05, 0.1) is 10.9 Å². The Bertz CT molecular complexity index is 1190. The van der Waals surface area contributed by atoms with Crippen LogP contribution in [0.4, 0.5) is 0 Å². The van der Waals surface area contributed by atoms with Gasteiger partial charge >= 0.3 is 5.69 Å². The lowest BCUT2D eigenvalue weighted by Gasteiger charge is -2.13. The molecule has 144 valence electrons.